The van der Waals surface area contributed by atoms with E-state index in [0.717, 1.165) is 11.1 Å². The molecule has 0 amide bonds. The van der Waals surface area contributed by atoms with Gasteiger partial charge in [0.2, 0.25) is 0 Å². The summed E-state index contributed by atoms with van der Waals surface area (Å²) < 4.78 is 1.55. The molecule has 0 fully saturated rings. The Kier molecular flexibility index (Phi) is 4.93. The minimum atomic E-state index is -0.170. The Labute approximate surface area is 162 Å². The van der Waals surface area contributed by atoms with E-state index in [-0.39, 0.29) is 5.56 Å². The minimum absolute atomic E-state index is 0.170. The maximum Gasteiger partial charge on any atom is 0.268 e. The zero-order valence-corrected chi connectivity index (χ0v) is 15.4. The lowest BCUT2D eigenvalue weighted by atomic mass is 10.2. The molecule has 0 atom stereocenters. The topological polar surface area (TPSA) is 71.7 Å². The molecule has 0 bridgehead atoms. The SMILES string of the molecule is Cc1ccc2nc(NCc3ccccc3)c(C=Nc3cccnc3)c(=O)n2c1. The fraction of sp³-hybridized carbons (Fsp3) is 0.0909. The number of fused-ring (bicyclic) bond motifs is 1. The first-order valence-electron chi connectivity index (χ1n) is 8.95. The van der Waals surface area contributed by atoms with Gasteiger partial charge in [-0.15, -0.1) is 0 Å². The van der Waals surface area contributed by atoms with Crippen LogP contribution in [0.5, 0.6) is 0 Å². The highest BCUT2D eigenvalue weighted by Crippen LogP contribution is 2.14. The third kappa shape index (κ3) is 3.81. The van der Waals surface area contributed by atoms with E-state index < -0.39 is 0 Å². The van der Waals surface area contributed by atoms with Crippen molar-refractivity contribution in [3.05, 3.63) is 100 Å². The van der Waals surface area contributed by atoms with Gasteiger partial charge >= 0.3 is 0 Å². The Hall–Kier alpha value is -3.80. The van der Waals surface area contributed by atoms with E-state index in [1.807, 2.05) is 55.5 Å². The summed E-state index contributed by atoms with van der Waals surface area (Å²) in [6.45, 7) is 2.50. The van der Waals surface area contributed by atoms with Crippen LogP contribution in [0.3, 0.4) is 0 Å². The average molecular weight is 369 g/mol. The van der Waals surface area contributed by atoms with E-state index in [0.29, 0.717) is 29.3 Å². The number of pyridine rings is 2. The lowest BCUT2D eigenvalue weighted by Gasteiger charge is -2.11. The monoisotopic (exact) mass is 369 g/mol. The number of nitrogens with zero attached hydrogens (tertiary/aromatic N) is 4. The van der Waals surface area contributed by atoms with Crippen molar-refractivity contribution in [1.29, 1.82) is 0 Å². The lowest BCUT2D eigenvalue weighted by molar-refractivity contribution is 1.01. The molecule has 0 aliphatic carbocycles. The van der Waals surface area contributed by atoms with Gasteiger partial charge in [0, 0.05) is 25.2 Å². The number of benzene rings is 1. The van der Waals surface area contributed by atoms with Crippen molar-refractivity contribution in [2.24, 2.45) is 4.99 Å². The highest BCUT2D eigenvalue weighted by molar-refractivity contribution is 5.88. The first kappa shape index (κ1) is 17.6. The number of hydrogen-bond donors (Lipinski definition) is 1. The number of nitrogens with one attached hydrogen (secondary N) is 1. The van der Waals surface area contributed by atoms with Gasteiger partial charge in [0.05, 0.1) is 11.9 Å². The Balaban J connectivity index is 1.78. The van der Waals surface area contributed by atoms with E-state index in [2.05, 4.69) is 20.3 Å². The number of anilines is 1. The van der Waals surface area contributed by atoms with Gasteiger partial charge in [0.1, 0.15) is 17.0 Å². The molecule has 3 aromatic heterocycles. The Morgan fingerprint density at radius 1 is 1.11 bits per heavy atom. The number of rotatable bonds is 5. The van der Waals surface area contributed by atoms with Crippen molar-refractivity contribution in [3.63, 3.8) is 0 Å². The molecule has 0 aliphatic rings. The number of aryl methyl sites for hydroxylation is 1. The molecule has 0 spiro atoms. The largest absolute Gasteiger partial charge is 0.365 e. The number of aromatic nitrogens is 3. The van der Waals surface area contributed by atoms with Crippen molar-refractivity contribution >= 4 is 23.4 Å². The van der Waals surface area contributed by atoms with Crippen LogP contribution in [0.2, 0.25) is 0 Å². The van der Waals surface area contributed by atoms with Gasteiger partial charge in [-0.05, 0) is 36.2 Å². The molecule has 4 aromatic rings. The molecule has 3 heterocycles. The summed E-state index contributed by atoms with van der Waals surface area (Å²) in [6, 6.07) is 17.4. The quantitative estimate of drug-likeness (QED) is 0.544. The lowest BCUT2D eigenvalue weighted by Crippen LogP contribution is -2.22. The van der Waals surface area contributed by atoms with Crippen LogP contribution in [0.15, 0.2) is 83.0 Å². The minimum Gasteiger partial charge on any atom is -0.365 e. The fourth-order valence-corrected chi connectivity index (χ4v) is 2.86. The second-order valence-corrected chi connectivity index (χ2v) is 6.42. The number of aliphatic imine (C=N–C) groups is 1. The second kappa shape index (κ2) is 7.84. The maximum atomic E-state index is 13.1. The first-order chi connectivity index (χ1) is 13.7. The predicted octanol–water partition coefficient (Wildman–Crippen LogP) is 3.76. The maximum absolute atomic E-state index is 13.1. The molecule has 0 radical (unpaired) electrons. The van der Waals surface area contributed by atoms with Gasteiger partial charge in [-0.2, -0.15) is 0 Å². The molecule has 0 saturated heterocycles. The van der Waals surface area contributed by atoms with Crippen molar-refractivity contribution in [1.82, 2.24) is 14.4 Å². The molecule has 138 valence electrons. The van der Waals surface area contributed by atoms with Crippen LogP contribution in [-0.4, -0.2) is 20.6 Å². The molecule has 6 nitrogen and oxygen atoms in total. The van der Waals surface area contributed by atoms with Crippen LogP contribution < -0.4 is 10.9 Å². The van der Waals surface area contributed by atoms with E-state index in [1.165, 1.54) is 0 Å². The summed E-state index contributed by atoms with van der Waals surface area (Å²) in [7, 11) is 0. The van der Waals surface area contributed by atoms with Gasteiger partial charge in [-0.25, -0.2) is 4.98 Å². The molecule has 28 heavy (non-hydrogen) atoms. The van der Waals surface area contributed by atoms with Crippen LogP contribution >= 0.6 is 0 Å². The molecule has 0 aliphatic heterocycles. The van der Waals surface area contributed by atoms with Crippen LogP contribution in [0, 0.1) is 6.92 Å². The fourth-order valence-electron chi connectivity index (χ4n) is 2.86. The van der Waals surface area contributed by atoms with Gasteiger partial charge in [0.15, 0.2) is 0 Å². The third-order valence-electron chi connectivity index (χ3n) is 4.30. The van der Waals surface area contributed by atoms with Crippen molar-refractivity contribution in [2.45, 2.75) is 13.5 Å². The molecule has 1 aromatic carbocycles. The van der Waals surface area contributed by atoms with Crippen molar-refractivity contribution in [3.8, 4) is 0 Å². The number of hydrogen-bond acceptors (Lipinski definition) is 5. The molecule has 0 saturated carbocycles. The Morgan fingerprint density at radius 2 is 1.96 bits per heavy atom. The third-order valence-corrected chi connectivity index (χ3v) is 4.30. The van der Waals surface area contributed by atoms with Gasteiger partial charge in [-0.3, -0.25) is 19.2 Å². The molecule has 6 heteroatoms. The average Bonchev–Trinajstić information content (AvgIpc) is 2.74. The second-order valence-electron chi connectivity index (χ2n) is 6.42. The molecule has 0 unspecified atom stereocenters. The van der Waals surface area contributed by atoms with Crippen LogP contribution in [0.25, 0.3) is 5.65 Å². The van der Waals surface area contributed by atoms with E-state index in [4.69, 9.17) is 0 Å². The summed E-state index contributed by atoms with van der Waals surface area (Å²) in [5, 5.41) is 3.28. The summed E-state index contributed by atoms with van der Waals surface area (Å²) in [5.74, 6) is 0.505. The summed E-state index contributed by atoms with van der Waals surface area (Å²) in [6.07, 6.45) is 6.66. The van der Waals surface area contributed by atoms with E-state index in [1.54, 1.807) is 35.3 Å². The summed E-state index contributed by atoms with van der Waals surface area (Å²) in [5.41, 5.74) is 3.58. The van der Waals surface area contributed by atoms with Gasteiger partial charge < -0.3 is 5.32 Å². The molecule has 4 rings (SSSR count). The smallest absolute Gasteiger partial charge is 0.268 e. The molecular weight excluding hydrogens is 350 g/mol. The summed E-state index contributed by atoms with van der Waals surface area (Å²) in [4.78, 5) is 26.2. The zero-order chi connectivity index (χ0) is 19.3. The molecular formula is C22H19N5O. The zero-order valence-electron chi connectivity index (χ0n) is 15.4. The van der Waals surface area contributed by atoms with Crippen LogP contribution in [-0.2, 0) is 6.54 Å². The van der Waals surface area contributed by atoms with Crippen LogP contribution in [0.4, 0.5) is 11.5 Å². The van der Waals surface area contributed by atoms with Crippen molar-refractivity contribution in [2.75, 3.05) is 5.32 Å². The van der Waals surface area contributed by atoms with E-state index >= 15 is 0 Å². The summed E-state index contributed by atoms with van der Waals surface area (Å²) >= 11 is 0. The predicted molar refractivity (Wildman–Crippen MR) is 111 cm³/mol. The Morgan fingerprint density at radius 3 is 2.75 bits per heavy atom. The standard InChI is InChI=1S/C22H19N5O/c1-16-9-10-20-26-21(25-12-17-6-3-2-4-7-17)19(22(28)27(20)15-16)14-24-18-8-5-11-23-13-18/h2-11,13-15,25H,12H2,1H3. The van der Waals surface area contributed by atoms with Gasteiger partial charge in [0.25, 0.3) is 5.56 Å². The van der Waals surface area contributed by atoms with Crippen molar-refractivity contribution < 1.29 is 0 Å². The Bertz CT molecular complexity index is 1180. The van der Waals surface area contributed by atoms with E-state index in [9.17, 15) is 4.79 Å². The normalized spacial score (nSPS) is 11.2. The molecule has 1 N–H and O–H groups in total. The highest BCUT2D eigenvalue weighted by Gasteiger charge is 2.11. The highest BCUT2D eigenvalue weighted by atomic mass is 16.1. The first-order valence-corrected chi connectivity index (χ1v) is 8.95. The van der Waals surface area contributed by atoms with Crippen LogP contribution in [0.1, 0.15) is 16.7 Å². The van der Waals surface area contributed by atoms with Gasteiger partial charge in [-0.1, -0.05) is 36.4 Å².